The molecule has 0 heterocycles. The Hall–Kier alpha value is -4.20. The van der Waals surface area contributed by atoms with E-state index in [-0.39, 0.29) is 24.6 Å². The molecule has 0 radical (unpaired) electrons. The minimum Gasteiger partial charge on any atom is -0.478 e. The first-order valence-corrected chi connectivity index (χ1v) is 11.3. The van der Waals surface area contributed by atoms with Crippen LogP contribution in [0.5, 0.6) is 0 Å². The average molecular weight is 477 g/mol. The van der Waals surface area contributed by atoms with Crippen LogP contribution in [0.1, 0.15) is 47.2 Å². The average Bonchev–Trinajstić information content (AvgIpc) is 3.17. The molecule has 2 amide bonds. The minimum atomic E-state index is -1.43. The molecule has 0 saturated carbocycles. The molecule has 180 valence electrons. The van der Waals surface area contributed by atoms with E-state index < -0.39 is 35.4 Å². The van der Waals surface area contributed by atoms with Crippen LogP contribution in [-0.4, -0.2) is 35.7 Å². The second-order valence-corrected chi connectivity index (χ2v) is 8.33. The summed E-state index contributed by atoms with van der Waals surface area (Å²) in [6.45, 7) is 1.98. The summed E-state index contributed by atoms with van der Waals surface area (Å²) in [4.78, 5) is 36.0. The van der Waals surface area contributed by atoms with Crippen LogP contribution in [0.3, 0.4) is 0 Å². The number of rotatable bonds is 8. The number of fused-ring (bicyclic) bond motifs is 3. The van der Waals surface area contributed by atoms with Gasteiger partial charge in [0.15, 0.2) is 0 Å². The van der Waals surface area contributed by atoms with Crippen molar-refractivity contribution in [3.05, 3.63) is 89.2 Å². The summed E-state index contributed by atoms with van der Waals surface area (Å²) in [7, 11) is 0. The van der Waals surface area contributed by atoms with E-state index in [2.05, 4.69) is 22.8 Å². The zero-order valence-corrected chi connectivity index (χ0v) is 19.1. The number of amides is 2. The lowest BCUT2D eigenvalue weighted by Crippen LogP contribution is -2.38. The predicted octanol–water partition coefficient (Wildman–Crippen LogP) is 5.17. The maximum absolute atomic E-state index is 13.6. The smallest absolute Gasteiger partial charge is 0.407 e. The zero-order valence-electron chi connectivity index (χ0n) is 19.1. The number of carbonyl (C=O) groups excluding carboxylic acids is 2. The van der Waals surface area contributed by atoms with Crippen molar-refractivity contribution in [3.8, 4) is 11.1 Å². The van der Waals surface area contributed by atoms with Gasteiger partial charge in [0.2, 0.25) is 5.91 Å². The number of nitrogens with one attached hydrogen (secondary N) is 2. The van der Waals surface area contributed by atoms with Crippen molar-refractivity contribution in [1.29, 1.82) is 0 Å². The molecule has 0 unspecified atom stereocenters. The van der Waals surface area contributed by atoms with Gasteiger partial charge in [-0.15, -0.1) is 0 Å². The summed E-state index contributed by atoms with van der Waals surface area (Å²) in [6, 6.07) is 18.9. The molecule has 8 heteroatoms. The summed E-state index contributed by atoms with van der Waals surface area (Å²) in [5, 5.41) is 14.3. The van der Waals surface area contributed by atoms with Gasteiger partial charge in [0.1, 0.15) is 12.4 Å². The summed E-state index contributed by atoms with van der Waals surface area (Å²) >= 11 is 0. The lowest BCUT2D eigenvalue weighted by atomic mass is 9.98. The highest BCUT2D eigenvalue weighted by molar-refractivity contribution is 5.94. The van der Waals surface area contributed by atoms with Crippen LogP contribution >= 0.6 is 0 Å². The number of hydrogen-bond acceptors (Lipinski definition) is 4. The van der Waals surface area contributed by atoms with Crippen molar-refractivity contribution in [3.63, 3.8) is 0 Å². The molecule has 3 N–H and O–H groups in total. The number of anilines is 1. The van der Waals surface area contributed by atoms with Gasteiger partial charge in [-0.05, 0) is 46.9 Å². The second-order valence-electron chi connectivity index (χ2n) is 8.33. The number of benzene rings is 3. The molecule has 0 saturated heterocycles. The molecule has 3 aromatic rings. The highest BCUT2D eigenvalue weighted by Gasteiger charge is 2.29. The minimum absolute atomic E-state index is 0.0551. The Kier molecular flexibility index (Phi) is 7.10. The van der Waals surface area contributed by atoms with E-state index in [1.807, 2.05) is 43.3 Å². The monoisotopic (exact) mass is 476 g/mol. The molecule has 4 rings (SSSR count). The summed E-state index contributed by atoms with van der Waals surface area (Å²) in [5.74, 6) is -2.84. The van der Waals surface area contributed by atoms with E-state index in [0.717, 1.165) is 34.4 Å². The third-order valence-corrected chi connectivity index (χ3v) is 6.07. The molecule has 1 atom stereocenters. The van der Waals surface area contributed by atoms with E-state index in [9.17, 15) is 18.8 Å². The number of ether oxygens (including phenoxy) is 1. The molecule has 35 heavy (non-hydrogen) atoms. The standard InChI is InChI=1S/C27H25FN2O5/c1-2-16(14-25(31)29-17-11-12-24(28)22(13-17)26(32)33)30-27(34)35-15-23-20-9-5-3-7-18(20)19-8-4-6-10-21(19)23/h3-13,16,23H,2,14-15H2,1H3,(H,29,31)(H,30,34)(H,32,33)/t16-/m0/s1. The summed E-state index contributed by atoms with van der Waals surface area (Å²) in [5.41, 5.74) is 4.09. The lowest BCUT2D eigenvalue weighted by molar-refractivity contribution is -0.116. The quantitative estimate of drug-likeness (QED) is 0.416. The number of hydrogen-bond donors (Lipinski definition) is 3. The zero-order chi connectivity index (χ0) is 24.9. The van der Waals surface area contributed by atoms with Crippen molar-refractivity contribution >= 4 is 23.7 Å². The van der Waals surface area contributed by atoms with Gasteiger partial charge in [-0.1, -0.05) is 55.5 Å². The van der Waals surface area contributed by atoms with Crippen molar-refractivity contribution in [2.75, 3.05) is 11.9 Å². The maximum atomic E-state index is 13.6. The van der Waals surface area contributed by atoms with Crippen LogP contribution in [0, 0.1) is 5.82 Å². The van der Waals surface area contributed by atoms with Gasteiger partial charge in [0.05, 0.1) is 5.56 Å². The lowest BCUT2D eigenvalue weighted by Gasteiger charge is -2.19. The molecule has 1 aliphatic carbocycles. The molecule has 0 aromatic heterocycles. The molecule has 7 nitrogen and oxygen atoms in total. The maximum Gasteiger partial charge on any atom is 0.407 e. The first-order chi connectivity index (χ1) is 16.9. The van der Waals surface area contributed by atoms with Gasteiger partial charge >= 0.3 is 12.1 Å². The first kappa shape index (κ1) is 23.9. The molecule has 0 bridgehead atoms. The number of alkyl carbamates (subject to hydrolysis) is 1. The number of halogens is 1. The third-order valence-electron chi connectivity index (χ3n) is 6.07. The predicted molar refractivity (Wildman–Crippen MR) is 129 cm³/mol. The fourth-order valence-electron chi connectivity index (χ4n) is 4.31. The molecule has 0 spiro atoms. The van der Waals surface area contributed by atoms with Gasteiger partial charge in [0.25, 0.3) is 0 Å². The van der Waals surface area contributed by atoms with Crippen LogP contribution in [0.2, 0.25) is 0 Å². The van der Waals surface area contributed by atoms with Gasteiger partial charge in [-0.3, -0.25) is 4.79 Å². The van der Waals surface area contributed by atoms with Crippen molar-refractivity contribution in [2.24, 2.45) is 0 Å². The van der Waals surface area contributed by atoms with Crippen LogP contribution in [-0.2, 0) is 9.53 Å². The fourth-order valence-corrected chi connectivity index (χ4v) is 4.31. The van der Waals surface area contributed by atoms with E-state index in [1.165, 1.54) is 6.07 Å². The van der Waals surface area contributed by atoms with Gasteiger partial charge < -0.3 is 20.5 Å². The Morgan fingerprint density at radius 3 is 2.23 bits per heavy atom. The second kappa shape index (κ2) is 10.4. The summed E-state index contributed by atoms with van der Waals surface area (Å²) in [6.07, 6.45) is -0.205. The van der Waals surface area contributed by atoms with Crippen LogP contribution in [0.25, 0.3) is 11.1 Å². The Bertz CT molecular complexity index is 1230. The van der Waals surface area contributed by atoms with Crippen molar-refractivity contribution in [1.82, 2.24) is 5.32 Å². The van der Waals surface area contributed by atoms with Crippen molar-refractivity contribution < 1.29 is 28.6 Å². The van der Waals surface area contributed by atoms with Crippen LogP contribution in [0.4, 0.5) is 14.9 Å². The van der Waals surface area contributed by atoms with E-state index in [1.54, 1.807) is 0 Å². The van der Waals surface area contributed by atoms with Gasteiger partial charge in [0, 0.05) is 24.1 Å². The van der Waals surface area contributed by atoms with Crippen LogP contribution in [0.15, 0.2) is 66.7 Å². The third kappa shape index (κ3) is 5.32. The normalized spacial score (nSPS) is 12.9. The highest BCUT2D eigenvalue weighted by Crippen LogP contribution is 2.44. The van der Waals surface area contributed by atoms with Crippen molar-refractivity contribution in [2.45, 2.75) is 31.7 Å². The SMILES string of the molecule is CC[C@@H](CC(=O)Nc1ccc(F)c(C(=O)O)c1)NC(=O)OCC1c2ccccc2-c2ccccc21. The Labute approximate surface area is 201 Å². The topological polar surface area (TPSA) is 105 Å². The Balaban J connectivity index is 1.34. The Morgan fingerprint density at radius 1 is 1.00 bits per heavy atom. The molecule has 0 fully saturated rings. The molecule has 3 aromatic carbocycles. The molecular weight excluding hydrogens is 451 g/mol. The largest absolute Gasteiger partial charge is 0.478 e. The first-order valence-electron chi connectivity index (χ1n) is 11.3. The van der Waals surface area contributed by atoms with Gasteiger partial charge in [-0.25, -0.2) is 14.0 Å². The Morgan fingerprint density at radius 2 is 1.63 bits per heavy atom. The fraction of sp³-hybridized carbons (Fsp3) is 0.222. The number of carboxylic acid groups (broad SMARTS) is 1. The number of aromatic carboxylic acids is 1. The molecular formula is C27H25FN2O5. The van der Waals surface area contributed by atoms with Crippen LogP contribution < -0.4 is 10.6 Å². The molecule has 1 aliphatic rings. The van der Waals surface area contributed by atoms with E-state index in [0.29, 0.717) is 6.42 Å². The highest BCUT2D eigenvalue weighted by atomic mass is 19.1. The summed E-state index contributed by atoms with van der Waals surface area (Å²) < 4.78 is 19.1. The number of carbonyl (C=O) groups is 3. The number of carboxylic acids is 1. The molecule has 0 aliphatic heterocycles. The van der Waals surface area contributed by atoms with E-state index >= 15 is 0 Å². The van der Waals surface area contributed by atoms with E-state index in [4.69, 9.17) is 9.84 Å². The van der Waals surface area contributed by atoms with Gasteiger partial charge in [-0.2, -0.15) is 0 Å².